The number of nitrogens with zero attached hydrogens (tertiary/aromatic N) is 1. The Hall–Kier alpha value is -2.69. The molecule has 3 aromatic rings. The molecule has 0 fully saturated rings. The number of hydrogen-bond donors (Lipinski definition) is 1. The third kappa shape index (κ3) is 2.03. The Morgan fingerprint density at radius 1 is 1.20 bits per heavy atom. The van der Waals surface area contributed by atoms with E-state index in [0.717, 1.165) is 0 Å². The van der Waals surface area contributed by atoms with Gasteiger partial charge in [-0.15, -0.1) is 0 Å². The number of aromatic nitrogens is 2. The van der Waals surface area contributed by atoms with Crippen LogP contribution in [0.25, 0.3) is 22.3 Å². The summed E-state index contributed by atoms with van der Waals surface area (Å²) in [4.78, 5) is 19.1. The summed E-state index contributed by atoms with van der Waals surface area (Å²) in [6.07, 6.45) is 0. The fourth-order valence-electron chi connectivity index (χ4n) is 2.03. The van der Waals surface area contributed by atoms with E-state index in [0.29, 0.717) is 22.3 Å². The van der Waals surface area contributed by atoms with Gasteiger partial charge in [-0.25, -0.2) is 9.37 Å². The lowest BCUT2D eigenvalue weighted by molar-refractivity contribution is 0.387. The van der Waals surface area contributed by atoms with E-state index in [4.69, 9.17) is 4.74 Å². The normalized spacial score (nSPS) is 10.7. The van der Waals surface area contributed by atoms with Gasteiger partial charge in [0.1, 0.15) is 5.82 Å². The highest BCUT2D eigenvalue weighted by molar-refractivity contribution is 5.79. The molecule has 1 aromatic heterocycles. The van der Waals surface area contributed by atoms with Crippen molar-refractivity contribution in [3.05, 3.63) is 58.6 Å². The molecule has 0 amide bonds. The Morgan fingerprint density at radius 2 is 2.00 bits per heavy atom. The van der Waals surface area contributed by atoms with Crippen LogP contribution in [0.1, 0.15) is 0 Å². The highest BCUT2D eigenvalue weighted by atomic mass is 19.1. The number of halogens is 1. The number of nitrogens with one attached hydrogen (secondary N) is 1. The molecule has 0 spiro atoms. The molecule has 0 saturated heterocycles. The van der Waals surface area contributed by atoms with Gasteiger partial charge in [0.2, 0.25) is 0 Å². The lowest BCUT2D eigenvalue weighted by atomic mass is 10.1. The zero-order valence-corrected chi connectivity index (χ0v) is 10.7. The third-order valence-corrected chi connectivity index (χ3v) is 3.04. The van der Waals surface area contributed by atoms with Crippen LogP contribution in [0, 0.1) is 5.82 Å². The molecule has 0 saturated carbocycles. The summed E-state index contributed by atoms with van der Waals surface area (Å²) in [7, 11) is 1.39. The van der Waals surface area contributed by atoms with Gasteiger partial charge < -0.3 is 9.72 Å². The fourth-order valence-corrected chi connectivity index (χ4v) is 2.03. The van der Waals surface area contributed by atoms with Crippen molar-refractivity contribution in [2.24, 2.45) is 0 Å². The lowest BCUT2D eigenvalue weighted by Gasteiger charge is -2.06. The number of para-hydroxylation sites is 1. The molecule has 0 bridgehead atoms. The molecule has 0 radical (unpaired) electrons. The molecule has 1 N–H and O–H groups in total. The van der Waals surface area contributed by atoms with Crippen LogP contribution in [-0.2, 0) is 0 Å². The van der Waals surface area contributed by atoms with Crippen molar-refractivity contribution in [1.29, 1.82) is 0 Å². The van der Waals surface area contributed by atoms with E-state index < -0.39 is 5.82 Å². The minimum atomic E-state index is -0.459. The summed E-state index contributed by atoms with van der Waals surface area (Å²) >= 11 is 0. The first-order valence-corrected chi connectivity index (χ1v) is 6.02. The molecule has 1 heterocycles. The van der Waals surface area contributed by atoms with E-state index in [1.54, 1.807) is 24.3 Å². The highest BCUT2D eigenvalue weighted by Gasteiger charge is 2.09. The topological polar surface area (TPSA) is 55.0 Å². The van der Waals surface area contributed by atoms with Gasteiger partial charge in [0.15, 0.2) is 11.6 Å². The van der Waals surface area contributed by atoms with E-state index in [1.165, 1.54) is 19.2 Å². The largest absolute Gasteiger partial charge is 0.494 e. The minimum Gasteiger partial charge on any atom is -0.494 e. The first kappa shape index (κ1) is 12.3. The number of fused-ring (bicyclic) bond motifs is 1. The van der Waals surface area contributed by atoms with Gasteiger partial charge in [0.25, 0.3) is 5.56 Å². The zero-order chi connectivity index (χ0) is 14.1. The highest BCUT2D eigenvalue weighted by Crippen LogP contribution is 2.24. The monoisotopic (exact) mass is 270 g/mol. The van der Waals surface area contributed by atoms with Gasteiger partial charge in [-0.1, -0.05) is 12.1 Å². The predicted octanol–water partition coefficient (Wildman–Crippen LogP) is 2.74. The Kier molecular flexibility index (Phi) is 2.95. The maximum atomic E-state index is 13.4. The Morgan fingerprint density at radius 3 is 2.80 bits per heavy atom. The molecule has 20 heavy (non-hydrogen) atoms. The second-order valence-electron chi connectivity index (χ2n) is 4.28. The average Bonchev–Trinajstić information content (AvgIpc) is 2.47. The summed E-state index contributed by atoms with van der Waals surface area (Å²) in [6.45, 7) is 0. The molecule has 0 aliphatic heterocycles. The van der Waals surface area contributed by atoms with E-state index in [9.17, 15) is 9.18 Å². The van der Waals surface area contributed by atoms with Crippen LogP contribution in [0.4, 0.5) is 4.39 Å². The molecular weight excluding hydrogens is 259 g/mol. The van der Waals surface area contributed by atoms with Gasteiger partial charge in [-0.05, 0) is 30.3 Å². The zero-order valence-electron chi connectivity index (χ0n) is 10.7. The molecule has 2 aromatic carbocycles. The standard InChI is InChI=1S/C15H11FN2O2/c1-20-13-8-9(6-7-11(13)16)14-17-12-5-3-2-4-10(12)15(19)18-14/h2-8H,1H3,(H,17,18,19). The van der Waals surface area contributed by atoms with E-state index >= 15 is 0 Å². The fraction of sp³-hybridized carbons (Fsp3) is 0.0667. The summed E-state index contributed by atoms with van der Waals surface area (Å²) in [6, 6.07) is 11.4. The molecular formula is C15H11FN2O2. The van der Waals surface area contributed by atoms with Gasteiger partial charge in [0.05, 0.1) is 18.0 Å². The van der Waals surface area contributed by atoms with Gasteiger partial charge in [-0.3, -0.25) is 4.79 Å². The molecule has 0 aliphatic rings. The van der Waals surface area contributed by atoms with Gasteiger partial charge >= 0.3 is 0 Å². The maximum absolute atomic E-state index is 13.4. The summed E-state index contributed by atoms with van der Waals surface area (Å²) in [5, 5.41) is 0.519. The van der Waals surface area contributed by atoms with Crippen LogP contribution in [-0.4, -0.2) is 17.1 Å². The molecule has 4 nitrogen and oxygen atoms in total. The Balaban J connectivity index is 2.22. The van der Waals surface area contributed by atoms with Crippen molar-refractivity contribution in [3.63, 3.8) is 0 Å². The summed E-state index contributed by atoms with van der Waals surface area (Å²) < 4.78 is 18.3. The van der Waals surface area contributed by atoms with Gasteiger partial charge in [0, 0.05) is 5.56 Å². The Labute approximate surface area is 113 Å². The van der Waals surface area contributed by atoms with Gasteiger partial charge in [-0.2, -0.15) is 0 Å². The third-order valence-electron chi connectivity index (χ3n) is 3.04. The minimum absolute atomic E-state index is 0.110. The maximum Gasteiger partial charge on any atom is 0.259 e. The number of H-pyrrole nitrogens is 1. The first-order valence-electron chi connectivity index (χ1n) is 6.02. The van der Waals surface area contributed by atoms with E-state index in [-0.39, 0.29) is 11.3 Å². The van der Waals surface area contributed by atoms with Crippen molar-refractivity contribution in [2.45, 2.75) is 0 Å². The number of benzene rings is 2. The summed E-state index contributed by atoms with van der Waals surface area (Å²) in [5.74, 6) is 0.0321. The van der Waals surface area contributed by atoms with Crippen LogP contribution in [0.2, 0.25) is 0 Å². The molecule has 3 rings (SSSR count). The van der Waals surface area contributed by atoms with Crippen LogP contribution in [0.3, 0.4) is 0 Å². The molecule has 5 heteroatoms. The van der Waals surface area contributed by atoms with Crippen molar-refractivity contribution in [2.75, 3.05) is 7.11 Å². The second-order valence-corrected chi connectivity index (χ2v) is 4.28. The summed E-state index contributed by atoms with van der Waals surface area (Å²) in [5.41, 5.74) is 0.953. The SMILES string of the molecule is COc1cc(-c2nc3ccccc3c(=O)[nH]2)ccc1F. The molecule has 0 atom stereocenters. The molecule has 0 unspecified atom stereocenters. The molecule has 100 valence electrons. The van der Waals surface area contributed by atoms with E-state index in [1.807, 2.05) is 6.07 Å². The van der Waals surface area contributed by atoms with Crippen LogP contribution < -0.4 is 10.3 Å². The smallest absolute Gasteiger partial charge is 0.259 e. The number of rotatable bonds is 2. The number of aromatic amines is 1. The van der Waals surface area contributed by atoms with E-state index in [2.05, 4.69) is 9.97 Å². The quantitative estimate of drug-likeness (QED) is 0.779. The first-order chi connectivity index (χ1) is 9.69. The lowest BCUT2D eigenvalue weighted by Crippen LogP contribution is -2.09. The number of methoxy groups -OCH3 is 1. The Bertz CT molecular complexity index is 843. The number of ether oxygens (including phenoxy) is 1. The number of hydrogen-bond acceptors (Lipinski definition) is 3. The van der Waals surface area contributed by atoms with Crippen LogP contribution in [0.15, 0.2) is 47.3 Å². The van der Waals surface area contributed by atoms with Crippen molar-refractivity contribution in [1.82, 2.24) is 9.97 Å². The van der Waals surface area contributed by atoms with Crippen molar-refractivity contribution < 1.29 is 9.13 Å². The van der Waals surface area contributed by atoms with Crippen molar-refractivity contribution >= 4 is 10.9 Å². The average molecular weight is 270 g/mol. The van der Waals surface area contributed by atoms with Crippen LogP contribution >= 0.6 is 0 Å². The van der Waals surface area contributed by atoms with Crippen molar-refractivity contribution in [3.8, 4) is 17.1 Å². The predicted molar refractivity (Wildman–Crippen MR) is 74.3 cm³/mol. The second kappa shape index (κ2) is 4.77. The molecule has 0 aliphatic carbocycles. The van der Waals surface area contributed by atoms with Crippen LogP contribution in [0.5, 0.6) is 5.75 Å².